The average Bonchev–Trinajstić information content (AvgIpc) is 3.11. The van der Waals surface area contributed by atoms with Gasteiger partial charge in [-0.3, -0.25) is 4.79 Å². The van der Waals surface area contributed by atoms with Crippen molar-refractivity contribution in [3.63, 3.8) is 0 Å². The number of benzene rings is 1. The van der Waals surface area contributed by atoms with Crippen molar-refractivity contribution in [1.82, 2.24) is 14.8 Å². The number of carbonyl (C=O) groups is 1. The van der Waals surface area contributed by atoms with Gasteiger partial charge in [0.05, 0.1) is 5.69 Å². The zero-order valence-corrected chi connectivity index (χ0v) is 15.5. The van der Waals surface area contributed by atoms with E-state index >= 15 is 0 Å². The van der Waals surface area contributed by atoms with Gasteiger partial charge >= 0.3 is 0 Å². The molecule has 7 heteroatoms. The molecule has 1 saturated carbocycles. The number of carbonyl (C=O) groups excluding carboxylic acids is 1. The number of hydrogen-bond donors (Lipinski definition) is 1. The Morgan fingerprint density at radius 3 is 2.79 bits per heavy atom. The van der Waals surface area contributed by atoms with Gasteiger partial charge in [0.1, 0.15) is 17.3 Å². The predicted octanol–water partition coefficient (Wildman–Crippen LogP) is 4.07. The smallest absolute Gasteiger partial charge is 0.277 e. The van der Waals surface area contributed by atoms with Crippen molar-refractivity contribution in [2.24, 2.45) is 5.92 Å². The van der Waals surface area contributed by atoms with Crippen LogP contribution >= 0.6 is 0 Å². The molecule has 2 aliphatic rings. The Bertz CT molecular complexity index is 1120. The molecular formula is C21H18F2N4O. The SMILES string of the molecule is Cc1cc(C)nc(NC(=O)c2nn(-c3ccc(F)cc3F)c3c2C[C@@H]2C[C@H]32)c1. The number of anilines is 1. The summed E-state index contributed by atoms with van der Waals surface area (Å²) in [5.41, 5.74) is 3.97. The van der Waals surface area contributed by atoms with Gasteiger partial charge in [0.2, 0.25) is 0 Å². The van der Waals surface area contributed by atoms with Gasteiger partial charge in [-0.2, -0.15) is 5.10 Å². The summed E-state index contributed by atoms with van der Waals surface area (Å²) in [4.78, 5) is 17.3. The second kappa shape index (κ2) is 5.95. The molecule has 3 aromatic rings. The summed E-state index contributed by atoms with van der Waals surface area (Å²) >= 11 is 0. The first-order valence-electron chi connectivity index (χ1n) is 9.24. The summed E-state index contributed by atoms with van der Waals surface area (Å²) in [6.07, 6.45) is 1.77. The first kappa shape index (κ1) is 17.0. The third-order valence-corrected chi connectivity index (χ3v) is 5.46. The lowest BCUT2D eigenvalue weighted by Crippen LogP contribution is -2.16. The van der Waals surface area contributed by atoms with Crippen molar-refractivity contribution in [3.05, 3.63) is 70.2 Å². The lowest BCUT2D eigenvalue weighted by molar-refractivity contribution is 0.102. The van der Waals surface area contributed by atoms with E-state index in [4.69, 9.17) is 0 Å². The van der Waals surface area contributed by atoms with Crippen LogP contribution < -0.4 is 5.32 Å². The summed E-state index contributed by atoms with van der Waals surface area (Å²) in [7, 11) is 0. The van der Waals surface area contributed by atoms with E-state index in [1.165, 1.54) is 16.8 Å². The number of nitrogens with one attached hydrogen (secondary N) is 1. The molecule has 2 heterocycles. The average molecular weight is 380 g/mol. The largest absolute Gasteiger partial charge is 0.305 e. The zero-order valence-electron chi connectivity index (χ0n) is 15.5. The molecule has 2 aliphatic carbocycles. The van der Waals surface area contributed by atoms with Crippen molar-refractivity contribution in [2.75, 3.05) is 5.32 Å². The van der Waals surface area contributed by atoms with Gasteiger partial charge in [-0.1, -0.05) is 0 Å². The number of pyridine rings is 1. The van der Waals surface area contributed by atoms with Crippen LogP contribution in [0, 0.1) is 31.4 Å². The van der Waals surface area contributed by atoms with Crippen LogP contribution in [0.5, 0.6) is 0 Å². The Kier molecular flexibility index (Phi) is 3.62. The second-order valence-electron chi connectivity index (χ2n) is 7.65. The Hall–Kier alpha value is -3.09. The molecule has 1 amide bonds. The fourth-order valence-electron chi connectivity index (χ4n) is 4.22. The summed E-state index contributed by atoms with van der Waals surface area (Å²) in [6, 6.07) is 7.11. The predicted molar refractivity (Wildman–Crippen MR) is 99.7 cm³/mol. The minimum Gasteiger partial charge on any atom is -0.305 e. The van der Waals surface area contributed by atoms with Crippen LogP contribution in [-0.4, -0.2) is 20.7 Å². The van der Waals surface area contributed by atoms with E-state index in [2.05, 4.69) is 15.4 Å². The number of halogens is 2. The molecule has 1 aromatic carbocycles. The fraction of sp³-hybridized carbons (Fsp3) is 0.286. The van der Waals surface area contributed by atoms with Crippen molar-refractivity contribution < 1.29 is 13.6 Å². The van der Waals surface area contributed by atoms with Crippen LogP contribution in [0.15, 0.2) is 30.3 Å². The molecule has 0 saturated heterocycles. The molecule has 1 fully saturated rings. The zero-order chi connectivity index (χ0) is 19.6. The first-order valence-corrected chi connectivity index (χ1v) is 9.24. The molecule has 142 valence electrons. The standard InChI is InChI=1S/C21H18F2N4O/c1-10-5-11(2)24-18(6-10)25-21(28)19-15-8-12-7-14(12)20(15)27(26-19)17-4-3-13(22)9-16(17)23/h3-6,9,12,14H,7-8H2,1-2H3,(H,24,25,28)/t12-,14-/m0/s1. The minimum absolute atomic E-state index is 0.161. The number of nitrogens with zero attached hydrogens (tertiary/aromatic N) is 3. The number of aryl methyl sites for hydroxylation is 2. The highest BCUT2D eigenvalue weighted by Gasteiger charge is 2.50. The Morgan fingerprint density at radius 1 is 1.21 bits per heavy atom. The van der Waals surface area contributed by atoms with Gasteiger partial charge in [-0.25, -0.2) is 18.4 Å². The molecule has 28 heavy (non-hydrogen) atoms. The van der Waals surface area contributed by atoms with Crippen LogP contribution in [0.25, 0.3) is 5.69 Å². The number of fused-ring (bicyclic) bond motifs is 3. The normalized spacial score (nSPS) is 19.3. The third kappa shape index (κ3) is 2.69. The minimum atomic E-state index is -0.697. The van der Waals surface area contributed by atoms with E-state index in [9.17, 15) is 13.6 Å². The topological polar surface area (TPSA) is 59.8 Å². The molecular weight excluding hydrogens is 362 g/mol. The summed E-state index contributed by atoms with van der Waals surface area (Å²) in [6.45, 7) is 3.79. The van der Waals surface area contributed by atoms with Gasteiger partial charge in [0, 0.05) is 23.2 Å². The van der Waals surface area contributed by atoms with Crippen molar-refractivity contribution >= 4 is 11.7 Å². The molecule has 0 unspecified atom stereocenters. The maximum absolute atomic E-state index is 14.4. The van der Waals surface area contributed by atoms with E-state index in [1.54, 1.807) is 6.07 Å². The fourth-order valence-corrected chi connectivity index (χ4v) is 4.22. The van der Waals surface area contributed by atoms with E-state index in [-0.39, 0.29) is 23.2 Å². The van der Waals surface area contributed by atoms with Gasteiger partial charge in [-0.15, -0.1) is 0 Å². The Labute approximate surface area is 160 Å². The van der Waals surface area contributed by atoms with Crippen LogP contribution in [0.2, 0.25) is 0 Å². The number of rotatable bonds is 3. The molecule has 0 radical (unpaired) electrons. The monoisotopic (exact) mass is 380 g/mol. The summed E-state index contributed by atoms with van der Waals surface area (Å²) < 4.78 is 29.2. The van der Waals surface area contributed by atoms with E-state index < -0.39 is 11.6 Å². The summed E-state index contributed by atoms with van der Waals surface area (Å²) in [5.74, 6) is -0.481. The first-order chi connectivity index (χ1) is 13.4. The van der Waals surface area contributed by atoms with Crippen molar-refractivity contribution in [3.8, 4) is 5.69 Å². The van der Waals surface area contributed by atoms with E-state index in [1.807, 2.05) is 19.9 Å². The molecule has 0 aliphatic heterocycles. The molecule has 0 bridgehead atoms. The third-order valence-electron chi connectivity index (χ3n) is 5.46. The van der Waals surface area contributed by atoms with Gasteiger partial charge in [0.15, 0.2) is 11.5 Å². The molecule has 5 nitrogen and oxygen atoms in total. The molecule has 0 spiro atoms. The van der Waals surface area contributed by atoms with Gasteiger partial charge in [-0.05, 0) is 62.4 Å². The molecule has 1 N–H and O–H groups in total. The summed E-state index contributed by atoms with van der Waals surface area (Å²) in [5, 5.41) is 7.23. The number of hydrogen-bond acceptors (Lipinski definition) is 3. The van der Waals surface area contributed by atoms with Crippen LogP contribution in [-0.2, 0) is 6.42 Å². The van der Waals surface area contributed by atoms with Crippen molar-refractivity contribution in [2.45, 2.75) is 32.6 Å². The van der Waals surface area contributed by atoms with Crippen LogP contribution in [0.3, 0.4) is 0 Å². The Balaban J connectivity index is 1.56. The number of aromatic nitrogens is 3. The maximum Gasteiger partial charge on any atom is 0.277 e. The van der Waals surface area contributed by atoms with Crippen LogP contribution in [0.1, 0.15) is 45.3 Å². The highest BCUT2D eigenvalue weighted by atomic mass is 19.1. The van der Waals surface area contributed by atoms with Crippen LogP contribution in [0.4, 0.5) is 14.6 Å². The molecule has 2 aromatic heterocycles. The maximum atomic E-state index is 14.4. The molecule has 5 rings (SSSR count). The highest BCUT2D eigenvalue weighted by molar-refractivity contribution is 6.04. The molecule has 2 atom stereocenters. The quantitative estimate of drug-likeness (QED) is 0.745. The van der Waals surface area contributed by atoms with E-state index in [0.29, 0.717) is 11.7 Å². The van der Waals surface area contributed by atoms with Gasteiger partial charge < -0.3 is 5.32 Å². The second-order valence-corrected chi connectivity index (χ2v) is 7.65. The van der Waals surface area contributed by atoms with E-state index in [0.717, 1.165) is 41.4 Å². The number of amides is 1. The lowest BCUT2D eigenvalue weighted by Gasteiger charge is -2.07. The van der Waals surface area contributed by atoms with Gasteiger partial charge in [0.25, 0.3) is 5.91 Å². The lowest BCUT2D eigenvalue weighted by atomic mass is 10.1. The Morgan fingerprint density at radius 2 is 2.04 bits per heavy atom. The highest BCUT2D eigenvalue weighted by Crippen LogP contribution is 2.57. The van der Waals surface area contributed by atoms with Crippen molar-refractivity contribution in [1.29, 1.82) is 0 Å².